The molecule has 1 heterocycles. The lowest BCUT2D eigenvalue weighted by Gasteiger charge is -2.12. The predicted molar refractivity (Wildman–Crippen MR) is 100 cm³/mol. The zero-order chi connectivity index (χ0) is 17.5. The summed E-state index contributed by atoms with van der Waals surface area (Å²) in [5.74, 6) is -0.680. The van der Waals surface area contributed by atoms with Crippen LogP contribution in [0.3, 0.4) is 0 Å². The van der Waals surface area contributed by atoms with Gasteiger partial charge in [-0.15, -0.1) is 13.2 Å². The third kappa shape index (κ3) is 5.88. The number of benzene rings is 1. The average Bonchev–Trinajstić information content (AvgIpc) is 2.82. The summed E-state index contributed by atoms with van der Waals surface area (Å²) in [6.45, 7) is 7.96. The molecule has 1 aliphatic heterocycles. The molecule has 1 saturated heterocycles. The molecule has 0 atom stereocenters. The minimum Gasteiger partial charge on any atom is -1.00 e. The van der Waals surface area contributed by atoms with Crippen LogP contribution in [0.4, 0.5) is 5.69 Å². The monoisotopic (exact) mass is 440 g/mol. The van der Waals surface area contributed by atoms with Crippen molar-refractivity contribution in [2.24, 2.45) is 4.99 Å². The van der Waals surface area contributed by atoms with E-state index in [9.17, 15) is 9.59 Å². The molecule has 0 unspecified atom stereocenters. The van der Waals surface area contributed by atoms with E-state index < -0.39 is 5.91 Å². The van der Waals surface area contributed by atoms with Crippen molar-refractivity contribution in [2.45, 2.75) is 0 Å². The van der Waals surface area contributed by atoms with Crippen molar-refractivity contribution in [2.75, 3.05) is 18.4 Å². The second kappa shape index (κ2) is 10.2. The second-order valence-electron chi connectivity index (χ2n) is 4.73. The molecule has 1 N–H and O–H groups in total. The number of hydrogen-bond donors (Lipinski definition) is 1. The normalized spacial score (nSPS) is 16.7. The van der Waals surface area contributed by atoms with Gasteiger partial charge < -0.3 is 22.3 Å². The summed E-state index contributed by atoms with van der Waals surface area (Å²) in [4.78, 5) is 30.6. The molecule has 1 aromatic carbocycles. The van der Waals surface area contributed by atoms with Crippen molar-refractivity contribution < 1.29 is 26.6 Å². The largest absolute Gasteiger partial charge is 1.00 e. The van der Waals surface area contributed by atoms with Crippen LogP contribution in [0, 0.1) is 0 Å². The zero-order valence-corrected chi connectivity index (χ0v) is 16.4. The van der Waals surface area contributed by atoms with Gasteiger partial charge in [-0.25, -0.2) is 0 Å². The summed E-state index contributed by atoms with van der Waals surface area (Å²) >= 11 is 7.03. The Morgan fingerprint density at radius 2 is 2.12 bits per heavy atom. The van der Waals surface area contributed by atoms with Gasteiger partial charge in [0.1, 0.15) is 0 Å². The number of anilines is 1. The standard InChI is InChI=1S/C17H16ClN3O2S.BrH/c1-3-8-19-17-21(9-4-2)16(23)14(24-17)11-15(22)20-13-7-5-6-12(18)10-13;/h3-7,10-11H,1-2,8-9H2,(H,20,22);1H/p-1/b14-11-,19-17?;. The molecule has 2 amide bonds. The van der Waals surface area contributed by atoms with Gasteiger partial charge >= 0.3 is 0 Å². The van der Waals surface area contributed by atoms with E-state index in [0.717, 1.165) is 11.8 Å². The van der Waals surface area contributed by atoms with Crippen molar-refractivity contribution in [3.63, 3.8) is 0 Å². The van der Waals surface area contributed by atoms with Gasteiger partial charge in [-0.3, -0.25) is 19.5 Å². The maximum absolute atomic E-state index is 12.4. The van der Waals surface area contributed by atoms with Gasteiger partial charge in [0, 0.05) is 23.3 Å². The first-order valence-corrected chi connectivity index (χ1v) is 8.28. The number of halogens is 2. The van der Waals surface area contributed by atoms with E-state index in [4.69, 9.17) is 11.6 Å². The molecule has 0 spiro atoms. The first-order valence-electron chi connectivity index (χ1n) is 7.09. The topological polar surface area (TPSA) is 61.8 Å². The fraction of sp³-hybridized carbons (Fsp3) is 0.118. The van der Waals surface area contributed by atoms with E-state index in [1.165, 1.54) is 11.0 Å². The lowest BCUT2D eigenvalue weighted by molar-refractivity contribution is -0.122. The Labute approximate surface area is 166 Å². The second-order valence-corrected chi connectivity index (χ2v) is 6.17. The lowest BCUT2D eigenvalue weighted by Crippen LogP contribution is -3.00. The Morgan fingerprint density at radius 1 is 1.36 bits per heavy atom. The first-order chi connectivity index (χ1) is 11.5. The molecule has 2 rings (SSSR count). The van der Waals surface area contributed by atoms with Crippen LogP contribution in [0.1, 0.15) is 0 Å². The van der Waals surface area contributed by atoms with Crippen LogP contribution in [0.2, 0.25) is 5.02 Å². The Balaban J connectivity index is 0.00000312. The van der Waals surface area contributed by atoms with E-state index >= 15 is 0 Å². The first kappa shape index (κ1) is 21.2. The third-order valence-corrected chi connectivity index (χ3v) is 4.19. The molecule has 1 aliphatic rings. The van der Waals surface area contributed by atoms with Gasteiger partial charge in [0.2, 0.25) is 5.91 Å². The molecule has 25 heavy (non-hydrogen) atoms. The number of aliphatic imine (C=N–C) groups is 1. The molecule has 8 heteroatoms. The minimum atomic E-state index is -0.406. The smallest absolute Gasteiger partial charge is 0.267 e. The van der Waals surface area contributed by atoms with Crippen molar-refractivity contribution in [1.82, 2.24) is 4.90 Å². The van der Waals surface area contributed by atoms with Crippen LogP contribution in [-0.2, 0) is 9.59 Å². The molecule has 0 radical (unpaired) electrons. The van der Waals surface area contributed by atoms with E-state index in [0.29, 0.717) is 33.9 Å². The zero-order valence-electron chi connectivity index (χ0n) is 13.2. The van der Waals surface area contributed by atoms with Crippen LogP contribution < -0.4 is 22.3 Å². The van der Waals surface area contributed by atoms with Crippen LogP contribution >= 0.6 is 23.4 Å². The number of amidine groups is 1. The fourth-order valence-corrected chi connectivity index (χ4v) is 3.08. The Bertz CT molecular complexity index is 749. The molecule has 132 valence electrons. The SMILES string of the molecule is C=CCN=C1S/C(=C\C(=O)Nc2cccc(Cl)c2)C(=O)N1CC=C.[Br-]. The number of carbonyl (C=O) groups is 2. The van der Waals surface area contributed by atoms with Crippen molar-refractivity contribution in [3.8, 4) is 0 Å². The number of rotatable bonds is 6. The lowest BCUT2D eigenvalue weighted by atomic mass is 10.3. The van der Waals surface area contributed by atoms with Crippen LogP contribution in [0.15, 0.2) is 65.5 Å². The summed E-state index contributed by atoms with van der Waals surface area (Å²) in [5.41, 5.74) is 0.559. The maximum Gasteiger partial charge on any atom is 0.267 e. The molecule has 1 fully saturated rings. The molecular formula is C17H16BrClN3O2S-. The quantitative estimate of drug-likeness (QED) is 0.516. The Hall–Kier alpha value is -1.83. The molecule has 0 saturated carbocycles. The van der Waals surface area contributed by atoms with Gasteiger partial charge in [0.05, 0.1) is 11.4 Å². The van der Waals surface area contributed by atoms with E-state index in [2.05, 4.69) is 23.5 Å². The number of nitrogens with zero attached hydrogens (tertiary/aromatic N) is 2. The number of hydrogen-bond acceptors (Lipinski definition) is 4. The fourth-order valence-electron chi connectivity index (χ4n) is 1.92. The number of amides is 2. The summed E-state index contributed by atoms with van der Waals surface area (Å²) in [7, 11) is 0. The van der Waals surface area contributed by atoms with Gasteiger partial charge in [0.15, 0.2) is 5.17 Å². The summed E-state index contributed by atoms with van der Waals surface area (Å²) in [6, 6.07) is 6.78. The molecule has 0 bridgehead atoms. The van der Waals surface area contributed by atoms with Gasteiger partial charge in [-0.1, -0.05) is 29.8 Å². The van der Waals surface area contributed by atoms with E-state index in [1.54, 1.807) is 36.4 Å². The van der Waals surface area contributed by atoms with E-state index in [1.807, 2.05) is 0 Å². The van der Waals surface area contributed by atoms with Gasteiger partial charge in [-0.05, 0) is 30.0 Å². The Kier molecular flexibility index (Phi) is 8.68. The highest BCUT2D eigenvalue weighted by molar-refractivity contribution is 8.18. The van der Waals surface area contributed by atoms with Gasteiger partial charge in [0.25, 0.3) is 5.91 Å². The summed E-state index contributed by atoms with van der Waals surface area (Å²) < 4.78 is 0. The van der Waals surface area contributed by atoms with Crippen molar-refractivity contribution in [3.05, 3.63) is 65.6 Å². The minimum absolute atomic E-state index is 0. The number of thioether (sulfide) groups is 1. The van der Waals surface area contributed by atoms with Crippen molar-refractivity contribution in [1.29, 1.82) is 0 Å². The average molecular weight is 442 g/mol. The molecule has 0 aliphatic carbocycles. The third-order valence-electron chi connectivity index (χ3n) is 2.91. The maximum atomic E-state index is 12.4. The molecule has 1 aromatic rings. The highest BCUT2D eigenvalue weighted by Crippen LogP contribution is 2.30. The van der Waals surface area contributed by atoms with E-state index in [-0.39, 0.29) is 22.9 Å². The van der Waals surface area contributed by atoms with Crippen molar-refractivity contribution >= 4 is 46.0 Å². The highest BCUT2D eigenvalue weighted by Gasteiger charge is 2.32. The highest BCUT2D eigenvalue weighted by atomic mass is 79.9. The molecule has 0 aromatic heterocycles. The summed E-state index contributed by atoms with van der Waals surface area (Å²) in [5, 5.41) is 3.72. The summed E-state index contributed by atoms with van der Waals surface area (Å²) in [6.07, 6.45) is 4.51. The van der Waals surface area contributed by atoms with Crippen LogP contribution in [0.5, 0.6) is 0 Å². The molecular weight excluding hydrogens is 426 g/mol. The van der Waals surface area contributed by atoms with Crippen LogP contribution in [-0.4, -0.2) is 35.0 Å². The van der Waals surface area contributed by atoms with Gasteiger partial charge in [-0.2, -0.15) is 0 Å². The number of nitrogens with one attached hydrogen (secondary N) is 1. The Morgan fingerprint density at radius 3 is 2.76 bits per heavy atom. The predicted octanol–water partition coefficient (Wildman–Crippen LogP) is 0.470. The molecule has 5 nitrogen and oxygen atoms in total. The van der Waals surface area contributed by atoms with Crippen LogP contribution in [0.25, 0.3) is 0 Å². The number of carbonyl (C=O) groups excluding carboxylic acids is 2.